The van der Waals surface area contributed by atoms with Gasteiger partial charge in [0.25, 0.3) is 0 Å². The van der Waals surface area contributed by atoms with Gasteiger partial charge in [0.15, 0.2) is 0 Å². The van der Waals surface area contributed by atoms with E-state index in [1.807, 2.05) is 4.90 Å². The summed E-state index contributed by atoms with van der Waals surface area (Å²) in [6.07, 6.45) is 12.7. The summed E-state index contributed by atoms with van der Waals surface area (Å²) in [6.45, 7) is 26.6. The predicted molar refractivity (Wildman–Crippen MR) is 187 cm³/mol. The lowest BCUT2D eigenvalue weighted by molar-refractivity contribution is -0.246. The van der Waals surface area contributed by atoms with E-state index in [9.17, 15) is 14.7 Å². The van der Waals surface area contributed by atoms with Crippen LogP contribution in [0.5, 0.6) is 0 Å². The molecule has 1 aliphatic heterocycles. The minimum Gasteiger partial charge on any atom is -0.393 e. The van der Waals surface area contributed by atoms with Gasteiger partial charge in [-0.25, -0.2) is 0 Å². The first-order valence-electron chi connectivity index (χ1n) is 19.7. The van der Waals surface area contributed by atoms with Crippen molar-refractivity contribution in [3.63, 3.8) is 0 Å². The minimum atomic E-state index is -0.232. The highest BCUT2D eigenvalue weighted by Crippen LogP contribution is 2.78. The highest BCUT2D eigenvalue weighted by molar-refractivity contribution is 5.87. The Kier molecular flexibility index (Phi) is 8.13. The van der Waals surface area contributed by atoms with Crippen molar-refractivity contribution >= 4 is 11.7 Å². The fraction of sp³-hybridized carbons (Fsp3) is 0.905. The van der Waals surface area contributed by atoms with Crippen molar-refractivity contribution in [2.75, 3.05) is 26.3 Å². The van der Waals surface area contributed by atoms with E-state index >= 15 is 0 Å². The summed E-state index contributed by atoms with van der Waals surface area (Å²) >= 11 is 0. The number of fused-ring (bicyclic) bond motifs is 7. The molecule has 0 radical (unpaired) electrons. The van der Waals surface area contributed by atoms with E-state index in [1.165, 1.54) is 31.3 Å². The van der Waals surface area contributed by atoms with Crippen LogP contribution in [0.25, 0.3) is 0 Å². The summed E-state index contributed by atoms with van der Waals surface area (Å²) < 4.78 is 5.51. The number of hydrogen-bond donors (Lipinski definition) is 1. The lowest BCUT2D eigenvalue weighted by Gasteiger charge is -2.73. The van der Waals surface area contributed by atoms with Crippen LogP contribution >= 0.6 is 0 Å². The van der Waals surface area contributed by atoms with E-state index in [2.05, 4.69) is 62.0 Å². The largest absolute Gasteiger partial charge is 0.393 e. The molecule has 7 rings (SSSR count). The van der Waals surface area contributed by atoms with Crippen LogP contribution in [0.2, 0.25) is 0 Å². The van der Waals surface area contributed by atoms with Crippen molar-refractivity contribution < 1.29 is 19.4 Å². The summed E-state index contributed by atoms with van der Waals surface area (Å²) in [4.78, 5) is 30.4. The molecule has 12 atom stereocenters. The maximum atomic E-state index is 15.0. The zero-order valence-corrected chi connectivity index (χ0v) is 31.3. The Labute approximate surface area is 286 Å². The highest BCUT2D eigenvalue weighted by atomic mass is 16.5. The molecule has 0 aromatic heterocycles. The van der Waals surface area contributed by atoms with Crippen LogP contribution in [0.4, 0.5) is 0 Å². The Morgan fingerprint density at radius 2 is 1.51 bits per heavy atom. The SMILES string of the molecule is C=C(C)[C@@H]1CC[C@]2(C(=O)C[C@H]3C[C@@H](C(=O)N4CCOCC4)C3(C)C)CC[C@]3(C)[C@H](CC[C@@H]4[C@@]5(C)CC[C@H](O)C(C)(C)[C@@H]5CC[C@]43C)[C@@H]12. The molecule has 264 valence electrons. The number of allylic oxidation sites excluding steroid dienone is 1. The zero-order valence-electron chi connectivity index (χ0n) is 31.3. The molecule has 1 amide bonds. The molecular formula is C42H67NO4. The third-order valence-corrected chi connectivity index (χ3v) is 18.1. The van der Waals surface area contributed by atoms with Gasteiger partial charge in [-0.15, -0.1) is 0 Å². The maximum absolute atomic E-state index is 15.0. The van der Waals surface area contributed by atoms with Gasteiger partial charge in [0.05, 0.1) is 19.3 Å². The number of aliphatic hydroxyl groups excluding tert-OH is 1. The number of aliphatic hydroxyl groups is 1. The zero-order chi connectivity index (χ0) is 33.9. The maximum Gasteiger partial charge on any atom is 0.226 e. The summed E-state index contributed by atoms with van der Waals surface area (Å²) in [5, 5.41) is 11.1. The summed E-state index contributed by atoms with van der Waals surface area (Å²) in [6, 6.07) is 0. The van der Waals surface area contributed by atoms with E-state index in [1.54, 1.807) is 0 Å². The Bertz CT molecular complexity index is 1300. The quantitative estimate of drug-likeness (QED) is 0.304. The normalized spacial score (nSPS) is 49.9. The van der Waals surface area contributed by atoms with Crippen LogP contribution in [-0.4, -0.2) is 54.1 Å². The van der Waals surface area contributed by atoms with Gasteiger partial charge >= 0.3 is 0 Å². The molecule has 0 aromatic rings. The molecule has 0 spiro atoms. The number of amides is 1. The number of ketones is 1. The second-order valence-electron chi connectivity index (χ2n) is 20.1. The third-order valence-electron chi connectivity index (χ3n) is 18.1. The van der Waals surface area contributed by atoms with Crippen molar-refractivity contribution in [2.24, 2.45) is 73.9 Å². The van der Waals surface area contributed by atoms with E-state index in [0.717, 1.165) is 44.9 Å². The third kappa shape index (κ3) is 4.58. The molecule has 6 aliphatic carbocycles. The second kappa shape index (κ2) is 11.1. The van der Waals surface area contributed by atoms with Gasteiger partial charge in [0, 0.05) is 30.8 Å². The Hall–Kier alpha value is -1.20. The number of ether oxygens (including phenoxy) is 1. The molecule has 6 saturated carbocycles. The first kappa shape index (κ1) is 34.3. The van der Waals surface area contributed by atoms with Gasteiger partial charge in [-0.3, -0.25) is 9.59 Å². The molecule has 1 heterocycles. The molecule has 5 nitrogen and oxygen atoms in total. The number of carbonyl (C=O) groups is 2. The smallest absolute Gasteiger partial charge is 0.226 e. The van der Waals surface area contributed by atoms with Gasteiger partial charge in [0.1, 0.15) is 5.78 Å². The Morgan fingerprint density at radius 3 is 2.17 bits per heavy atom. The molecule has 1 N–H and O–H groups in total. The fourth-order valence-corrected chi connectivity index (χ4v) is 14.8. The van der Waals surface area contributed by atoms with Crippen LogP contribution in [0, 0.1) is 73.9 Å². The lowest BCUT2D eigenvalue weighted by atomic mass is 9.32. The van der Waals surface area contributed by atoms with Crippen molar-refractivity contribution in [3.8, 4) is 0 Å². The summed E-state index contributed by atoms with van der Waals surface area (Å²) in [5.41, 5.74) is 1.61. The first-order chi connectivity index (χ1) is 21.9. The average Bonchev–Trinajstić information content (AvgIpc) is 3.43. The lowest BCUT2D eigenvalue weighted by Crippen LogP contribution is -2.67. The molecule has 0 aromatic carbocycles. The molecule has 5 heteroatoms. The molecular weight excluding hydrogens is 582 g/mol. The number of Topliss-reactive ketones (excluding diaryl/α,β-unsaturated/α-hetero) is 1. The van der Waals surface area contributed by atoms with Crippen LogP contribution < -0.4 is 0 Å². The van der Waals surface area contributed by atoms with E-state index in [0.29, 0.717) is 68.1 Å². The van der Waals surface area contributed by atoms with Gasteiger partial charge in [-0.05, 0) is 140 Å². The number of nitrogens with zero attached hydrogens (tertiary/aromatic N) is 1. The van der Waals surface area contributed by atoms with Crippen molar-refractivity contribution in [1.29, 1.82) is 0 Å². The fourth-order valence-electron chi connectivity index (χ4n) is 14.8. The Balaban J connectivity index is 1.15. The molecule has 7 aliphatic rings. The number of hydrogen-bond acceptors (Lipinski definition) is 4. The Morgan fingerprint density at radius 1 is 0.809 bits per heavy atom. The van der Waals surface area contributed by atoms with Gasteiger partial charge in [0.2, 0.25) is 5.91 Å². The van der Waals surface area contributed by atoms with Crippen LogP contribution in [0.3, 0.4) is 0 Å². The molecule has 0 bridgehead atoms. The van der Waals surface area contributed by atoms with Crippen LogP contribution in [-0.2, 0) is 14.3 Å². The second-order valence-corrected chi connectivity index (χ2v) is 20.1. The minimum absolute atomic E-state index is 0.0192. The number of rotatable bonds is 5. The monoisotopic (exact) mass is 650 g/mol. The van der Waals surface area contributed by atoms with Gasteiger partial charge in [-0.1, -0.05) is 60.6 Å². The highest BCUT2D eigenvalue weighted by Gasteiger charge is 2.72. The summed E-state index contributed by atoms with van der Waals surface area (Å²) in [5.74, 6) is 3.73. The number of carbonyl (C=O) groups excluding carboxylic acids is 2. The predicted octanol–water partition coefficient (Wildman–Crippen LogP) is 8.49. The van der Waals surface area contributed by atoms with Crippen molar-refractivity contribution in [1.82, 2.24) is 4.90 Å². The van der Waals surface area contributed by atoms with Gasteiger partial charge < -0.3 is 14.7 Å². The topological polar surface area (TPSA) is 66.8 Å². The molecule has 0 unspecified atom stereocenters. The van der Waals surface area contributed by atoms with Crippen LogP contribution in [0.15, 0.2) is 12.2 Å². The molecule has 47 heavy (non-hydrogen) atoms. The van der Waals surface area contributed by atoms with E-state index in [4.69, 9.17) is 4.74 Å². The van der Waals surface area contributed by atoms with E-state index < -0.39 is 0 Å². The van der Waals surface area contributed by atoms with Gasteiger partial charge in [-0.2, -0.15) is 0 Å². The molecule has 7 fully saturated rings. The standard InChI is InChI=1S/C42H67NO4/c1-26(2)28-12-17-42(34(45)25-27-24-30(37(27,3)4)36(46)43-20-22-47-23-21-43)19-18-40(8)29(35(28)42)10-11-32-39(7)15-14-33(44)38(5,6)31(39)13-16-41(32,40)9/h27-33,35,44H,1,10-25H2,2-9H3/t27-,28+,29-,30+,31+,32-,33+,35-,39+,40-,41-,42-/m1/s1. The van der Waals surface area contributed by atoms with Crippen molar-refractivity contribution in [3.05, 3.63) is 12.2 Å². The number of morpholine rings is 1. The average molecular weight is 650 g/mol. The van der Waals surface area contributed by atoms with E-state index in [-0.39, 0.29) is 56.3 Å². The first-order valence-corrected chi connectivity index (χ1v) is 19.7. The van der Waals surface area contributed by atoms with Crippen molar-refractivity contribution in [2.45, 2.75) is 139 Å². The van der Waals surface area contributed by atoms with Crippen LogP contribution in [0.1, 0.15) is 132 Å². The molecule has 1 saturated heterocycles. The summed E-state index contributed by atoms with van der Waals surface area (Å²) in [7, 11) is 0.